The minimum absolute atomic E-state index is 0.00204. The molecule has 1 heterocycles. The van der Waals surface area contributed by atoms with E-state index < -0.39 is 9.84 Å². The summed E-state index contributed by atoms with van der Waals surface area (Å²) in [4.78, 5) is 15.4. The summed E-state index contributed by atoms with van der Waals surface area (Å²) in [6.07, 6.45) is 6.73. The minimum atomic E-state index is -3.24. The van der Waals surface area contributed by atoms with Crippen molar-refractivity contribution in [1.82, 2.24) is 4.90 Å². The Labute approximate surface area is 149 Å². The number of benzene rings is 1. The van der Waals surface area contributed by atoms with E-state index in [0.717, 1.165) is 44.9 Å². The SMILES string of the molecule is O=C(c1ccc(S(=O)(=O)C2CCC2)cc1)N1CCOCC12CCCC2. The van der Waals surface area contributed by atoms with Gasteiger partial charge in [-0.1, -0.05) is 19.3 Å². The van der Waals surface area contributed by atoms with E-state index in [1.165, 1.54) is 0 Å². The molecule has 0 N–H and O–H groups in total. The van der Waals surface area contributed by atoms with E-state index in [-0.39, 0.29) is 16.7 Å². The first-order chi connectivity index (χ1) is 12.0. The Hall–Kier alpha value is -1.40. The number of rotatable bonds is 3. The lowest BCUT2D eigenvalue weighted by Gasteiger charge is -2.44. The smallest absolute Gasteiger partial charge is 0.254 e. The number of amides is 1. The normalized spacial score (nSPS) is 23.6. The van der Waals surface area contributed by atoms with Crippen LogP contribution in [0.25, 0.3) is 0 Å². The van der Waals surface area contributed by atoms with Crippen LogP contribution in [-0.2, 0) is 14.6 Å². The Morgan fingerprint density at radius 1 is 1.08 bits per heavy atom. The number of morpholine rings is 1. The molecule has 1 spiro atoms. The predicted molar refractivity (Wildman–Crippen MR) is 94.3 cm³/mol. The molecule has 1 aliphatic heterocycles. The van der Waals surface area contributed by atoms with E-state index in [0.29, 0.717) is 30.2 Å². The van der Waals surface area contributed by atoms with E-state index in [9.17, 15) is 13.2 Å². The molecule has 25 heavy (non-hydrogen) atoms. The van der Waals surface area contributed by atoms with E-state index in [1.54, 1.807) is 24.3 Å². The monoisotopic (exact) mass is 363 g/mol. The minimum Gasteiger partial charge on any atom is -0.377 e. The molecule has 0 aromatic heterocycles. The molecule has 1 amide bonds. The molecular weight excluding hydrogens is 338 g/mol. The Morgan fingerprint density at radius 2 is 1.76 bits per heavy atom. The van der Waals surface area contributed by atoms with Crippen molar-refractivity contribution in [1.29, 1.82) is 0 Å². The van der Waals surface area contributed by atoms with Gasteiger partial charge >= 0.3 is 0 Å². The number of carbonyl (C=O) groups excluding carboxylic acids is 1. The maximum absolute atomic E-state index is 13.0. The highest BCUT2D eigenvalue weighted by Gasteiger charge is 2.44. The summed E-state index contributed by atoms with van der Waals surface area (Å²) in [5, 5.41) is -0.241. The summed E-state index contributed by atoms with van der Waals surface area (Å²) in [7, 11) is -3.24. The molecule has 1 aromatic rings. The van der Waals surface area contributed by atoms with Gasteiger partial charge < -0.3 is 9.64 Å². The summed E-state index contributed by atoms with van der Waals surface area (Å²) in [5.74, 6) is -0.00204. The number of hydrogen-bond donors (Lipinski definition) is 0. The molecule has 136 valence electrons. The molecule has 0 bridgehead atoms. The van der Waals surface area contributed by atoms with Gasteiger partial charge in [0, 0.05) is 12.1 Å². The third kappa shape index (κ3) is 2.89. The highest BCUT2D eigenvalue weighted by Crippen LogP contribution is 2.38. The average Bonchev–Trinajstić information content (AvgIpc) is 3.01. The van der Waals surface area contributed by atoms with Gasteiger partial charge in [-0.3, -0.25) is 4.79 Å². The Bertz CT molecular complexity index is 746. The van der Waals surface area contributed by atoms with E-state index in [2.05, 4.69) is 0 Å². The summed E-state index contributed by atoms with van der Waals surface area (Å²) < 4.78 is 30.6. The van der Waals surface area contributed by atoms with Crippen LogP contribution < -0.4 is 0 Å². The van der Waals surface area contributed by atoms with Crippen molar-refractivity contribution in [3.8, 4) is 0 Å². The van der Waals surface area contributed by atoms with Gasteiger partial charge in [-0.2, -0.15) is 0 Å². The largest absolute Gasteiger partial charge is 0.377 e. The molecule has 0 atom stereocenters. The third-order valence-corrected chi connectivity index (χ3v) is 8.38. The van der Waals surface area contributed by atoms with Gasteiger partial charge in [-0.25, -0.2) is 8.42 Å². The van der Waals surface area contributed by atoms with E-state index in [1.807, 2.05) is 4.90 Å². The van der Waals surface area contributed by atoms with Crippen LogP contribution in [-0.4, -0.2) is 49.8 Å². The molecule has 5 nitrogen and oxygen atoms in total. The van der Waals surface area contributed by atoms with Gasteiger partial charge in [0.25, 0.3) is 5.91 Å². The van der Waals surface area contributed by atoms with Gasteiger partial charge in [-0.05, 0) is 49.9 Å². The molecule has 6 heteroatoms. The van der Waals surface area contributed by atoms with E-state index >= 15 is 0 Å². The second kappa shape index (κ2) is 6.40. The molecule has 2 aliphatic carbocycles. The molecule has 0 radical (unpaired) electrons. The molecule has 3 aliphatic rings. The molecule has 1 saturated heterocycles. The molecule has 4 rings (SSSR count). The molecule has 2 saturated carbocycles. The summed E-state index contributed by atoms with van der Waals surface area (Å²) in [6.45, 7) is 1.80. The van der Waals surface area contributed by atoms with Crippen LogP contribution in [0, 0.1) is 0 Å². The van der Waals surface area contributed by atoms with Gasteiger partial charge in [0.05, 0.1) is 28.9 Å². The highest BCUT2D eigenvalue weighted by molar-refractivity contribution is 7.92. The standard InChI is InChI=1S/C19H25NO4S/c21-18(20-12-13-24-14-19(20)10-1-2-11-19)15-6-8-17(9-7-15)25(22,23)16-4-3-5-16/h6-9,16H,1-5,10-14H2. The Kier molecular flexibility index (Phi) is 4.36. The highest BCUT2D eigenvalue weighted by atomic mass is 32.2. The van der Waals surface area contributed by atoms with Crippen LogP contribution in [0.15, 0.2) is 29.2 Å². The van der Waals surface area contributed by atoms with Crippen molar-refractivity contribution in [2.45, 2.75) is 60.6 Å². The number of ether oxygens (including phenoxy) is 1. The predicted octanol–water partition coefficient (Wildman–Crippen LogP) is 2.80. The fourth-order valence-corrected chi connectivity index (χ4v) is 6.17. The van der Waals surface area contributed by atoms with Crippen LogP contribution in [0.5, 0.6) is 0 Å². The average molecular weight is 363 g/mol. The quantitative estimate of drug-likeness (QED) is 0.828. The molecule has 1 aromatic carbocycles. The number of sulfone groups is 1. The van der Waals surface area contributed by atoms with Crippen molar-refractivity contribution < 1.29 is 17.9 Å². The second-order valence-electron chi connectivity index (χ2n) is 7.56. The summed E-state index contributed by atoms with van der Waals surface area (Å²) in [6, 6.07) is 6.54. The first-order valence-corrected chi connectivity index (χ1v) is 10.8. The Morgan fingerprint density at radius 3 is 2.36 bits per heavy atom. The van der Waals surface area contributed by atoms with Gasteiger partial charge in [0.15, 0.2) is 9.84 Å². The van der Waals surface area contributed by atoms with Crippen LogP contribution in [0.3, 0.4) is 0 Å². The van der Waals surface area contributed by atoms with Crippen molar-refractivity contribution in [2.75, 3.05) is 19.8 Å². The van der Waals surface area contributed by atoms with Crippen molar-refractivity contribution in [3.05, 3.63) is 29.8 Å². The van der Waals surface area contributed by atoms with Crippen LogP contribution >= 0.6 is 0 Å². The number of carbonyl (C=O) groups is 1. The summed E-state index contributed by atoms with van der Waals surface area (Å²) in [5.41, 5.74) is 0.409. The zero-order chi connectivity index (χ0) is 17.5. The number of nitrogens with zero attached hydrogens (tertiary/aromatic N) is 1. The maximum Gasteiger partial charge on any atom is 0.254 e. The summed E-state index contributed by atoms with van der Waals surface area (Å²) >= 11 is 0. The molecule has 3 fully saturated rings. The van der Waals surface area contributed by atoms with Crippen molar-refractivity contribution in [3.63, 3.8) is 0 Å². The lowest BCUT2D eigenvalue weighted by atomic mass is 9.93. The topological polar surface area (TPSA) is 63.7 Å². The third-order valence-electron chi connectivity index (χ3n) is 6.10. The number of hydrogen-bond acceptors (Lipinski definition) is 4. The Balaban J connectivity index is 1.56. The van der Waals surface area contributed by atoms with Crippen molar-refractivity contribution in [2.24, 2.45) is 0 Å². The molecule has 0 unspecified atom stereocenters. The van der Waals surface area contributed by atoms with Crippen LogP contribution in [0.4, 0.5) is 0 Å². The van der Waals surface area contributed by atoms with Gasteiger partial charge in [-0.15, -0.1) is 0 Å². The van der Waals surface area contributed by atoms with Gasteiger partial charge in [0.1, 0.15) is 0 Å². The molecular formula is C19H25NO4S. The lowest BCUT2D eigenvalue weighted by molar-refractivity contribution is -0.0502. The zero-order valence-electron chi connectivity index (χ0n) is 14.4. The second-order valence-corrected chi connectivity index (χ2v) is 9.79. The van der Waals surface area contributed by atoms with Gasteiger partial charge in [0.2, 0.25) is 0 Å². The fourth-order valence-electron chi connectivity index (χ4n) is 4.31. The van der Waals surface area contributed by atoms with Crippen LogP contribution in [0.1, 0.15) is 55.3 Å². The van der Waals surface area contributed by atoms with E-state index in [4.69, 9.17) is 4.74 Å². The zero-order valence-corrected chi connectivity index (χ0v) is 15.3. The van der Waals surface area contributed by atoms with Crippen molar-refractivity contribution >= 4 is 15.7 Å². The fraction of sp³-hybridized carbons (Fsp3) is 0.632. The van der Waals surface area contributed by atoms with Crippen LogP contribution in [0.2, 0.25) is 0 Å². The lowest BCUT2D eigenvalue weighted by Crippen LogP contribution is -2.57. The first kappa shape index (κ1) is 17.0. The first-order valence-electron chi connectivity index (χ1n) is 9.27. The maximum atomic E-state index is 13.0.